The van der Waals surface area contributed by atoms with Gasteiger partial charge in [-0.15, -0.1) is 23.5 Å². The quantitative estimate of drug-likeness (QED) is 0.654. The van der Waals surface area contributed by atoms with Gasteiger partial charge in [-0.25, -0.2) is 0 Å². The highest BCUT2D eigenvalue weighted by atomic mass is 32.2. The molecule has 7 heteroatoms. The first kappa shape index (κ1) is 15.5. The summed E-state index contributed by atoms with van der Waals surface area (Å²) in [5, 5.41) is 0. The Bertz CT molecular complexity index is 255. The fourth-order valence-electron chi connectivity index (χ4n) is 0.854. The lowest BCUT2D eigenvalue weighted by Gasteiger charge is -2.16. The van der Waals surface area contributed by atoms with Gasteiger partial charge in [-0.3, -0.25) is 4.57 Å². The lowest BCUT2D eigenvalue weighted by Crippen LogP contribution is -1.97. The van der Waals surface area contributed by atoms with Crippen molar-refractivity contribution in [2.45, 2.75) is 13.8 Å². The summed E-state index contributed by atoms with van der Waals surface area (Å²) in [6.45, 7) is 3.61. The lowest BCUT2D eigenvalue weighted by atomic mass is 10.9. The van der Waals surface area contributed by atoms with E-state index in [-0.39, 0.29) is 13.2 Å². The number of hydrogen-bond acceptors (Lipinski definition) is 5. The van der Waals surface area contributed by atoms with Gasteiger partial charge in [0.1, 0.15) is 0 Å². The minimum Gasteiger partial charge on any atom is -0.304 e. The molecule has 0 unspecified atom stereocenters. The van der Waals surface area contributed by atoms with E-state index in [1.165, 1.54) is 23.5 Å². The van der Waals surface area contributed by atoms with Gasteiger partial charge in [0.05, 0.1) is 17.5 Å². The summed E-state index contributed by atoms with van der Waals surface area (Å²) in [5.41, 5.74) is -0.786. The van der Waals surface area contributed by atoms with Crippen LogP contribution < -0.4 is 0 Å². The Hall–Kier alpha value is 0.520. The van der Waals surface area contributed by atoms with Crippen LogP contribution in [0.1, 0.15) is 13.8 Å². The molecule has 15 heavy (non-hydrogen) atoms. The Morgan fingerprint density at radius 1 is 1.20 bits per heavy atom. The molecule has 0 N–H and O–H groups in total. The molecule has 0 amide bonds. The number of rotatable bonds is 7. The van der Waals surface area contributed by atoms with Crippen molar-refractivity contribution < 1.29 is 18.0 Å². The number of thioether (sulfide) groups is 2. The second-order valence-corrected chi connectivity index (χ2v) is 6.11. The largest absolute Gasteiger partial charge is 0.391 e. The first-order valence-electron chi connectivity index (χ1n) is 4.43. The van der Waals surface area contributed by atoms with Crippen molar-refractivity contribution in [2.24, 2.45) is 0 Å². The first-order valence-corrected chi connectivity index (χ1v) is 8.42. The van der Waals surface area contributed by atoms with Crippen LogP contribution in [0.3, 0.4) is 0 Å². The molecule has 0 spiro atoms. The van der Waals surface area contributed by atoms with E-state index in [9.17, 15) is 8.96 Å². The normalized spacial score (nSPS) is 11.5. The molecule has 0 heterocycles. The summed E-state index contributed by atoms with van der Waals surface area (Å²) >= 11 is 2.38. The van der Waals surface area contributed by atoms with E-state index in [1.54, 1.807) is 26.4 Å². The molecule has 3 nitrogen and oxygen atoms in total. The molecule has 0 aromatic rings. The molecule has 0 aliphatic carbocycles. The third kappa shape index (κ3) is 4.49. The molecule has 0 fully saturated rings. The maximum Gasteiger partial charge on any atom is 0.391 e. The van der Waals surface area contributed by atoms with Gasteiger partial charge in [-0.1, -0.05) is 0 Å². The topological polar surface area (TPSA) is 35.5 Å². The maximum absolute atomic E-state index is 13.8. The van der Waals surface area contributed by atoms with Gasteiger partial charge < -0.3 is 9.05 Å². The Labute approximate surface area is 98.7 Å². The van der Waals surface area contributed by atoms with Crippen LogP contribution in [0.5, 0.6) is 0 Å². The van der Waals surface area contributed by atoms with Gasteiger partial charge in [0, 0.05) is 0 Å². The highest BCUT2D eigenvalue weighted by molar-refractivity contribution is 8.21. The van der Waals surface area contributed by atoms with Gasteiger partial charge in [-0.2, -0.15) is 4.39 Å². The van der Waals surface area contributed by atoms with Crippen molar-refractivity contribution >= 4 is 31.1 Å². The molecule has 0 rings (SSSR count). The summed E-state index contributed by atoms with van der Waals surface area (Å²) in [6.07, 6.45) is 3.43. The third-order valence-electron chi connectivity index (χ3n) is 1.38. The van der Waals surface area contributed by atoms with Crippen LogP contribution in [-0.4, -0.2) is 25.7 Å². The van der Waals surface area contributed by atoms with E-state index in [2.05, 4.69) is 0 Å². The second-order valence-electron chi connectivity index (χ2n) is 2.32. The predicted molar refractivity (Wildman–Crippen MR) is 66.0 cm³/mol. The Kier molecular flexibility index (Phi) is 8.01. The summed E-state index contributed by atoms with van der Waals surface area (Å²) in [5.74, 6) is 0. The van der Waals surface area contributed by atoms with Crippen molar-refractivity contribution in [3.8, 4) is 0 Å². The molecule has 0 bridgehead atoms. The lowest BCUT2D eigenvalue weighted by molar-refractivity contribution is 0.220. The number of hydrogen-bond donors (Lipinski definition) is 0. The van der Waals surface area contributed by atoms with Gasteiger partial charge in [-0.05, 0) is 26.4 Å². The molecule has 0 radical (unpaired) electrons. The average molecular weight is 274 g/mol. The molecule has 0 saturated carbocycles. The molecule has 0 atom stereocenters. The van der Waals surface area contributed by atoms with Gasteiger partial charge >= 0.3 is 7.60 Å². The SMILES string of the molecule is CCOP(=O)(OCC)C(F)=C(SC)SC. The minimum atomic E-state index is -3.73. The van der Waals surface area contributed by atoms with Crippen molar-refractivity contribution in [3.63, 3.8) is 0 Å². The minimum absolute atomic E-state index is 0.154. The highest BCUT2D eigenvalue weighted by Crippen LogP contribution is 2.59. The Morgan fingerprint density at radius 2 is 1.60 bits per heavy atom. The Balaban J connectivity index is 5.06. The molecule has 0 aliphatic rings. The molecular weight excluding hydrogens is 258 g/mol. The monoisotopic (exact) mass is 274 g/mol. The second kappa shape index (κ2) is 7.74. The maximum atomic E-state index is 13.8. The van der Waals surface area contributed by atoms with Crippen molar-refractivity contribution in [1.29, 1.82) is 0 Å². The summed E-state index contributed by atoms with van der Waals surface area (Å²) in [4.78, 5) is 0. The summed E-state index contributed by atoms with van der Waals surface area (Å²) in [7, 11) is -3.73. The molecular formula is C8H16FO3PS2. The van der Waals surface area contributed by atoms with Crippen LogP contribution in [0.4, 0.5) is 4.39 Å². The summed E-state index contributed by atoms with van der Waals surface area (Å²) in [6, 6.07) is 0. The summed E-state index contributed by atoms with van der Waals surface area (Å²) < 4.78 is 35.9. The molecule has 0 saturated heterocycles. The van der Waals surface area contributed by atoms with Crippen molar-refractivity contribution in [2.75, 3.05) is 25.7 Å². The molecule has 90 valence electrons. The van der Waals surface area contributed by atoms with E-state index in [0.717, 1.165) is 0 Å². The fourth-order valence-corrected chi connectivity index (χ4v) is 4.28. The zero-order valence-electron chi connectivity index (χ0n) is 9.28. The first-order chi connectivity index (χ1) is 7.05. The smallest absolute Gasteiger partial charge is 0.304 e. The standard InChI is InChI=1S/C8H16FO3PS2/c1-5-11-13(10,12-6-2)7(9)8(14-3)15-4/h5-6H2,1-4H3. The zero-order valence-corrected chi connectivity index (χ0v) is 11.8. The van der Waals surface area contributed by atoms with Crippen LogP contribution in [0, 0.1) is 0 Å². The van der Waals surface area contributed by atoms with Gasteiger partial charge in [0.15, 0.2) is 0 Å². The highest BCUT2D eigenvalue weighted by Gasteiger charge is 2.33. The van der Waals surface area contributed by atoms with Gasteiger partial charge in [0.25, 0.3) is 0 Å². The average Bonchev–Trinajstić information content (AvgIpc) is 2.20. The van der Waals surface area contributed by atoms with Gasteiger partial charge in [0.2, 0.25) is 5.57 Å². The van der Waals surface area contributed by atoms with Crippen LogP contribution in [0.25, 0.3) is 0 Å². The van der Waals surface area contributed by atoms with E-state index in [4.69, 9.17) is 9.05 Å². The number of halogens is 1. The van der Waals surface area contributed by atoms with E-state index >= 15 is 0 Å². The van der Waals surface area contributed by atoms with Crippen molar-refractivity contribution in [1.82, 2.24) is 0 Å². The molecule has 0 aromatic carbocycles. The van der Waals surface area contributed by atoms with Crippen molar-refractivity contribution in [3.05, 3.63) is 9.81 Å². The van der Waals surface area contributed by atoms with E-state index in [1.807, 2.05) is 0 Å². The van der Waals surface area contributed by atoms with E-state index < -0.39 is 13.2 Å². The van der Waals surface area contributed by atoms with Crippen LogP contribution in [-0.2, 0) is 13.6 Å². The van der Waals surface area contributed by atoms with E-state index in [0.29, 0.717) is 4.24 Å². The Morgan fingerprint density at radius 3 is 1.87 bits per heavy atom. The molecule has 0 aromatic heterocycles. The fraction of sp³-hybridized carbons (Fsp3) is 0.750. The third-order valence-corrected chi connectivity index (χ3v) is 5.68. The zero-order chi connectivity index (χ0) is 11.9. The molecule has 0 aliphatic heterocycles. The predicted octanol–water partition coefficient (Wildman–Crippen LogP) is 4.07. The van der Waals surface area contributed by atoms with Crippen LogP contribution in [0.2, 0.25) is 0 Å². The van der Waals surface area contributed by atoms with Crippen LogP contribution in [0.15, 0.2) is 9.81 Å². The van der Waals surface area contributed by atoms with Crippen LogP contribution >= 0.6 is 31.1 Å².